The zero-order valence-corrected chi connectivity index (χ0v) is 18.2. The SMILES string of the molecule is CCCCCCCCCCCCCCCC(=O)OCC[N+](C)(C)C.[Cl-]. The number of ether oxygens (including phenoxy) is 1. The summed E-state index contributed by atoms with van der Waals surface area (Å²) >= 11 is 0. The molecule has 0 aliphatic rings. The van der Waals surface area contributed by atoms with Crippen LogP contribution in [0.15, 0.2) is 0 Å². The molecule has 0 bridgehead atoms. The summed E-state index contributed by atoms with van der Waals surface area (Å²) in [5.41, 5.74) is 0. The van der Waals surface area contributed by atoms with E-state index in [0.29, 0.717) is 13.0 Å². The summed E-state index contributed by atoms with van der Waals surface area (Å²) in [4.78, 5) is 11.6. The highest BCUT2D eigenvalue weighted by Crippen LogP contribution is 2.13. The molecule has 0 atom stereocenters. The fourth-order valence-corrected chi connectivity index (χ4v) is 2.79. The van der Waals surface area contributed by atoms with Crippen molar-refractivity contribution in [3.8, 4) is 0 Å². The third-order valence-corrected chi connectivity index (χ3v) is 4.51. The van der Waals surface area contributed by atoms with Crippen LogP contribution < -0.4 is 12.4 Å². The standard InChI is InChI=1S/C21H44NO2.ClH/c1-5-6-7-8-9-10-11-12-13-14-15-16-17-18-21(23)24-20-19-22(2,3)4;/h5-20H2,1-4H3;1H/q+1;/p-1. The average Bonchev–Trinajstić information content (AvgIpc) is 2.50. The Kier molecular flexibility index (Phi) is 19.9. The highest BCUT2D eigenvalue weighted by Gasteiger charge is 2.09. The summed E-state index contributed by atoms with van der Waals surface area (Å²) < 4.78 is 6.11. The Labute approximate surface area is 163 Å². The van der Waals surface area contributed by atoms with Gasteiger partial charge in [0.05, 0.1) is 21.1 Å². The first-order chi connectivity index (χ1) is 11.5. The Morgan fingerprint density at radius 3 is 1.52 bits per heavy atom. The number of unbranched alkanes of at least 4 members (excludes halogenated alkanes) is 12. The largest absolute Gasteiger partial charge is 1.00 e. The van der Waals surface area contributed by atoms with Gasteiger partial charge in [-0.25, -0.2) is 0 Å². The normalized spacial score (nSPS) is 11.2. The number of hydrogen-bond acceptors (Lipinski definition) is 2. The second-order valence-electron chi connectivity index (χ2n) is 8.23. The minimum Gasteiger partial charge on any atom is -1.00 e. The number of likely N-dealkylation sites (N-methyl/N-ethyl adjacent to an activating group) is 1. The van der Waals surface area contributed by atoms with Crippen LogP contribution in [0.3, 0.4) is 0 Å². The van der Waals surface area contributed by atoms with Gasteiger partial charge in [0, 0.05) is 6.42 Å². The minimum atomic E-state index is -0.0217. The predicted molar refractivity (Wildman–Crippen MR) is 104 cm³/mol. The summed E-state index contributed by atoms with van der Waals surface area (Å²) in [5, 5.41) is 0. The number of carbonyl (C=O) groups excluding carboxylic acids is 1. The topological polar surface area (TPSA) is 26.3 Å². The number of quaternary nitrogens is 1. The van der Waals surface area contributed by atoms with E-state index >= 15 is 0 Å². The van der Waals surface area contributed by atoms with E-state index in [1.54, 1.807) is 0 Å². The molecule has 0 unspecified atom stereocenters. The molecule has 0 aromatic carbocycles. The Morgan fingerprint density at radius 1 is 0.720 bits per heavy atom. The van der Waals surface area contributed by atoms with Gasteiger partial charge < -0.3 is 21.6 Å². The smallest absolute Gasteiger partial charge is 0.305 e. The Balaban J connectivity index is 0. The summed E-state index contributed by atoms with van der Waals surface area (Å²) in [6.07, 6.45) is 17.9. The number of carbonyl (C=O) groups is 1. The van der Waals surface area contributed by atoms with Gasteiger partial charge >= 0.3 is 5.97 Å². The highest BCUT2D eigenvalue weighted by atomic mass is 35.5. The quantitative estimate of drug-likeness (QED) is 0.221. The van der Waals surface area contributed by atoms with Crippen LogP contribution in [0.2, 0.25) is 0 Å². The zero-order valence-electron chi connectivity index (χ0n) is 17.5. The van der Waals surface area contributed by atoms with Crippen molar-refractivity contribution in [2.24, 2.45) is 0 Å². The maximum Gasteiger partial charge on any atom is 0.305 e. The lowest BCUT2D eigenvalue weighted by molar-refractivity contribution is -0.870. The van der Waals surface area contributed by atoms with Crippen LogP contribution in [-0.2, 0) is 9.53 Å². The Bertz CT molecular complexity index is 290. The van der Waals surface area contributed by atoms with E-state index in [2.05, 4.69) is 28.1 Å². The van der Waals surface area contributed by atoms with Gasteiger partial charge in [0.15, 0.2) is 0 Å². The third kappa shape index (κ3) is 23.7. The fourth-order valence-electron chi connectivity index (χ4n) is 2.79. The number of esters is 1. The average molecular weight is 378 g/mol. The Morgan fingerprint density at radius 2 is 1.12 bits per heavy atom. The van der Waals surface area contributed by atoms with Gasteiger partial charge in [-0.05, 0) is 6.42 Å². The van der Waals surface area contributed by atoms with Crippen LogP contribution in [0, 0.1) is 0 Å². The number of rotatable bonds is 17. The van der Waals surface area contributed by atoms with Gasteiger partial charge in [0.1, 0.15) is 13.2 Å². The highest BCUT2D eigenvalue weighted by molar-refractivity contribution is 5.69. The molecule has 0 amide bonds. The van der Waals surface area contributed by atoms with E-state index in [9.17, 15) is 4.79 Å². The van der Waals surface area contributed by atoms with Crippen molar-refractivity contribution < 1.29 is 26.4 Å². The number of halogens is 1. The van der Waals surface area contributed by atoms with Crippen LogP contribution in [0.4, 0.5) is 0 Å². The van der Waals surface area contributed by atoms with Crippen molar-refractivity contribution in [2.75, 3.05) is 34.3 Å². The summed E-state index contributed by atoms with van der Waals surface area (Å²) in [6, 6.07) is 0. The Hall–Kier alpha value is -0.280. The first kappa shape index (κ1) is 26.9. The van der Waals surface area contributed by atoms with Gasteiger partial charge in [0.25, 0.3) is 0 Å². The summed E-state index contributed by atoms with van der Waals surface area (Å²) in [6.45, 7) is 3.69. The molecule has 0 saturated carbocycles. The van der Waals surface area contributed by atoms with E-state index in [-0.39, 0.29) is 18.4 Å². The maximum atomic E-state index is 11.6. The van der Waals surface area contributed by atoms with Crippen molar-refractivity contribution in [1.82, 2.24) is 0 Å². The van der Waals surface area contributed by atoms with E-state index < -0.39 is 0 Å². The first-order valence-corrected chi connectivity index (χ1v) is 10.4. The summed E-state index contributed by atoms with van der Waals surface area (Å²) in [5.74, 6) is -0.0217. The monoisotopic (exact) mass is 377 g/mol. The zero-order chi connectivity index (χ0) is 18.1. The van der Waals surface area contributed by atoms with Gasteiger partial charge in [-0.15, -0.1) is 0 Å². The molecule has 0 saturated heterocycles. The van der Waals surface area contributed by atoms with Crippen molar-refractivity contribution in [2.45, 2.75) is 96.8 Å². The van der Waals surface area contributed by atoms with E-state index in [1.165, 1.54) is 77.0 Å². The second-order valence-corrected chi connectivity index (χ2v) is 8.23. The second kappa shape index (κ2) is 18.5. The van der Waals surface area contributed by atoms with Crippen LogP contribution >= 0.6 is 0 Å². The van der Waals surface area contributed by atoms with Gasteiger partial charge in [-0.1, -0.05) is 84.0 Å². The lowest BCUT2D eigenvalue weighted by Crippen LogP contribution is -3.00. The minimum absolute atomic E-state index is 0. The molecule has 4 heteroatoms. The van der Waals surface area contributed by atoms with Crippen molar-refractivity contribution >= 4 is 5.97 Å². The molecule has 0 fully saturated rings. The molecule has 0 N–H and O–H groups in total. The molecule has 3 nitrogen and oxygen atoms in total. The molecule has 0 heterocycles. The molecular formula is C21H44ClNO2. The molecule has 0 aromatic rings. The van der Waals surface area contributed by atoms with Crippen LogP contribution in [-0.4, -0.2) is 44.7 Å². The number of nitrogens with zero attached hydrogens (tertiary/aromatic N) is 1. The maximum absolute atomic E-state index is 11.6. The van der Waals surface area contributed by atoms with E-state index in [4.69, 9.17) is 4.74 Å². The van der Waals surface area contributed by atoms with E-state index in [0.717, 1.165) is 17.4 Å². The molecule has 0 spiro atoms. The van der Waals surface area contributed by atoms with Crippen LogP contribution in [0.5, 0.6) is 0 Å². The van der Waals surface area contributed by atoms with E-state index in [1.807, 2.05) is 0 Å². The lowest BCUT2D eigenvalue weighted by atomic mass is 10.0. The third-order valence-electron chi connectivity index (χ3n) is 4.51. The summed E-state index contributed by atoms with van der Waals surface area (Å²) in [7, 11) is 6.33. The lowest BCUT2D eigenvalue weighted by Gasteiger charge is -2.23. The molecular weight excluding hydrogens is 334 g/mol. The first-order valence-electron chi connectivity index (χ1n) is 10.4. The van der Waals surface area contributed by atoms with Crippen molar-refractivity contribution in [3.05, 3.63) is 0 Å². The molecule has 152 valence electrons. The van der Waals surface area contributed by atoms with Crippen molar-refractivity contribution in [3.63, 3.8) is 0 Å². The fraction of sp³-hybridized carbons (Fsp3) is 0.952. The molecule has 0 aliphatic carbocycles. The van der Waals surface area contributed by atoms with Gasteiger partial charge in [0.2, 0.25) is 0 Å². The molecule has 0 rings (SSSR count). The van der Waals surface area contributed by atoms with Crippen molar-refractivity contribution in [1.29, 1.82) is 0 Å². The molecule has 25 heavy (non-hydrogen) atoms. The predicted octanol–water partition coefficient (Wildman–Crippen LogP) is 2.72. The van der Waals surface area contributed by atoms with Crippen LogP contribution in [0.25, 0.3) is 0 Å². The molecule has 0 radical (unpaired) electrons. The van der Waals surface area contributed by atoms with Crippen LogP contribution in [0.1, 0.15) is 96.8 Å². The number of hydrogen-bond donors (Lipinski definition) is 0. The molecule has 0 aromatic heterocycles. The van der Waals surface area contributed by atoms with Gasteiger partial charge in [-0.2, -0.15) is 0 Å². The van der Waals surface area contributed by atoms with Gasteiger partial charge in [-0.3, -0.25) is 4.79 Å². The molecule has 0 aliphatic heterocycles.